The number of sulfonamides is 1. The topological polar surface area (TPSA) is 90.9 Å². The summed E-state index contributed by atoms with van der Waals surface area (Å²) in [7, 11) is -2.21. The summed E-state index contributed by atoms with van der Waals surface area (Å²) in [5, 5.41) is 12.3. The van der Waals surface area contributed by atoms with Crippen LogP contribution in [0.25, 0.3) is 0 Å². The number of rotatable bonds is 4. The number of benzene rings is 1. The molecule has 0 saturated heterocycles. The van der Waals surface area contributed by atoms with Crippen LogP contribution in [0.5, 0.6) is 0 Å². The van der Waals surface area contributed by atoms with Gasteiger partial charge in [-0.25, -0.2) is 13.6 Å². The van der Waals surface area contributed by atoms with Crippen molar-refractivity contribution >= 4 is 10.0 Å². The highest BCUT2D eigenvalue weighted by molar-refractivity contribution is 7.89. The Morgan fingerprint density at radius 1 is 1.16 bits per heavy atom. The summed E-state index contributed by atoms with van der Waals surface area (Å²) in [6.45, 7) is 2.03. The van der Waals surface area contributed by atoms with Crippen LogP contribution >= 0.6 is 0 Å². The van der Waals surface area contributed by atoms with Crippen LogP contribution in [0.1, 0.15) is 17.0 Å². The summed E-state index contributed by atoms with van der Waals surface area (Å²) >= 11 is 0. The number of hydrogen-bond donors (Lipinski definition) is 1. The van der Waals surface area contributed by atoms with E-state index in [0.29, 0.717) is 12.2 Å². The van der Waals surface area contributed by atoms with Crippen LogP contribution in [-0.2, 0) is 29.9 Å². The molecule has 1 aromatic heterocycles. The van der Waals surface area contributed by atoms with Gasteiger partial charge < -0.3 is 4.57 Å². The number of hydrogen-bond acceptors (Lipinski definition) is 4. The number of primary sulfonamides is 1. The first kappa shape index (κ1) is 13.7. The molecule has 0 aliphatic carbocycles. The maximum Gasteiger partial charge on any atom is 0.273 e. The summed E-state index contributed by atoms with van der Waals surface area (Å²) in [6.07, 6.45) is 1.39. The Labute approximate surface area is 112 Å². The SMILES string of the molecule is Cc1ccc(CCc2nnc(S(N)(=O)=O)n2C)cc1. The van der Waals surface area contributed by atoms with Crippen molar-refractivity contribution in [3.8, 4) is 0 Å². The first-order chi connectivity index (χ1) is 8.88. The van der Waals surface area contributed by atoms with E-state index in [1.54, 1.807) is 7.05 Å². The van der Waals surface area contributed by atoms with E-state index in [9.17, 15) is 8.42 Å². The highest BCUT2D eigenvalue weighted by atomic mass is 32.2. The standard InChI is InChI=1S/C12H16N4O2S/c1-9-3-5-10(6-4-9)7-8-11-14-15-12(16(11)2)19(13,17)18/h3-6H,7-8H2,1-2H3,(H2,13,17,18). The molecule has 2 N–H and O–H groups in total. The fourth-order valence-electron chi connectivity index (χ4n) is 1.82. The average Bonchev–Trinajstić information content (AvgIpc) is 2.70. The van der Waals surface area contributed by atoms with Gasteiger partial charge in [-0.1, -0.05) is 29.8 Å². The maximum absolute atomic E-state index is 11.2. The lowest BCUT2D eigenvalue weighted by atomic mass is 10.1. The van der Waals surface area contributed by atoms with Crippen LogP contribution in [0.4, 0.5) is 0 Å². The predicted molar refractivity (Wildman–Crippen MR) is 71.0 cm³/mol. The minimum Gasteiger partial charge on any atom is -0.304 e. The Bertz CT molecular complexity index is 674. The van der Waals surface area contributed by atoms with Crippen molar-refractivity contribution in [2.45, 2.75) is 24.9 Å². The van der Waals surface area contributed by atoms with E-state index in [1.807, 2.05) is 31.2 Å². The molecule has 102 valence electrons. The van der Waals surface area contributed by atoms with Gasteiger partial charge in [0.25, 0.3) is 15.2 Å². The molecule has 0 radical (unpaired) electrons. The van der Waals surface area contributed by atoms with Crippen LogP contribution in [-0.4, -0.2) is 23.2 Å². The zero-order valence-corrected chi connectivity index (χ0v) is 11.7. The summed E-state index contributed by atoms with van der Waals surface area (Å²) in [5.74, 6) is 0.601. The van der Waals surface area contributed by atoms with Crippen molar-refractivity contribution in [2.24, 2.45) is 12.2 Å². The van der Waals surface area contributed by atoms with Crippen LogP contribution in [0.15, 0.2) is 29.4 Å². The lowest BCUT2D eigenvalue weighted by molar-refractivity contribution is 0.577. The van der Waals surface area contributed by atoms with E-state index in [2.05, 4.69) is 10.2 Å². The molecule has 2 rings (SSSR count). The van der Waals surface area contributed by atoms with Crippen LogP contribution in [0, 0.1) is 6.92 Å². The fourth-order valence-corrected chi connectivity index (χ4v) is 2.46. The van der Waals surface area contributed by atoms with Gasteiger partial charge in [-0.15, -0.1) is 10.2 Å². The Morgan fingerprint density at radius 3 is 2.32 bits per heavy atom. The highest BCUT2D eigenvalue weighted by Crippen LogP contribution is 2.09. The second-order valence-corrected chi connectivity index (χ2v) is 5.94. The van der Waals surface area contributed by atoms with E-state index >= 15 is 0 Å². The number of nitrogens with zero attached hydrogens (tertiary/aromatic N) is 3. The molecule has 0 atom stereocenters. The quantitative estimate of drug-likeness (QED) is 0.885. The Hall–Kier alpha value is -1.73. The lowest BCUT2D eigenvalue weighted by Gasteiger charge is -2.03. The van der Waals surface area contributed by atoms with Gasteiger partial charge in [0.2, 0.25) is 0 Å². The maximum atomic E-state index is 11.2. The van der Waals surface area contributed by atoms with Gasteiger partial charge in [0.1, 0.15) is 5.82 Å². The van der Waals surface area contributed by atoms with E-state index in [-0.39, 0.29) is 5.16 Å². The number of nitrogens with two attached hydrogens (primary N) is 1. The largest absolute Gasteiger partial charge is 0.304 e. The molecule has 0 fully saturated rings. The monoisotopic (exact) mass is 280 g/mol. The minimum absolute atomic E-state index is 0.202. The van der Waals surface area contributed by atoms with Crippen molar-refractivity contribution in [1.29, 1.82) is 0 Å². The van der Waals surface area contributed by atoms with Crippen molar-refractivity contribution in [3.63, 3.8) is 0 Å². The van der Waals surface area contributed by atoms with Crippen molar-refractivity contribution in [3.05, 3.63) is 41.2 Å². The smallest absolute Gasteiger partial charge is 0.273 e. The summed E-state index contributed by atoms with van der Waals surface area (Å²) in [5.41, 5.74) is 2.38. The summed E-state index contributed by atoms with van der Waals surface area (Å²) < 4.78 is 23.9. The highest BCUT2D eigenvalue weighted by Gasteiger charge is 2.18. The molecule has 6 nitrogen and oxygen atoms in total. The third-order valence-corrected chi connectivity index (χ3v) is 3.80. The molecule has 0 amide bonds. The van der Waals surface area contributed by atoms with Crippen LogP contribution < -0.4 is 5.14 Å². The van der Waals surface area contributed by atoms with E-state index < -0.39 is 10.0 Å². The van der Waals surface area contributed by atoms with Gasteiger partial charge in [0.15, 0.2) is 0 Å². The normalized spacial score (nSPS) is 11.7. The van der Waals surface area contributed by atoms with Crippen molar-refractivity contribution in [1.82, 2.24) is 14.8 Å². The van der Waals surface area contributed by atoms with Gasteiger partial charge >= 0.3 is 0 Å². The molecule has 1 aromatic carbocycles. The molecule has 0 saturated carbocycles. The molecule has 0 bridgehead atoms. The van der Waals surface area contributed by atoms with Crippen molar-refractivity contribution in [2.75, 3.05) is 0 Å². The Morgan fingerprint density at radius 2 is 1.79 bits per heavy atom. The molecule has 0 aliphatic heterocycles. The predicted octanol–water partition coefficient (Wildman–Crippen LogP) is 0.556. The molecular formula is C12H16N4O2S. The Balaban J connectivity index is 2.13. The zero-order valence-electron chi connectivity index (χ0n) is 10.9. The molecule has 7 heteroatoms. The molecule has 0 unspecified atom stereocenters. The number of aryl methyl sites for hydroxylation is 3. The first-order valence-electron chi connectivity index (χ1n) is 5.84. The molecule has 0 spiro atoms. The fraction of sp³-hybridized carbons (Fsp3) is 0.333. The van der Waals surface area contributed by atoms with Gasteiger partial charge in [-0.2, -0.15) is 0 Å². The molecular weight excluding hydrogens is 264 g/mol. The summed E-state index contributed by atoms with van der Waals surface area (Å²) in [4.78, 5) is 0. The van der Waals surface area contributed by atoms with E-state index in [4.69, 9.17) is 5.14 Å². The van der Waals surface area contributed by atoms with E-state index in [0.717, 1.165) is 6.42 Å². The third-order valence-electron chi connectivity index (χ3n) is 2.94. The van der Waals surface area contributed by atoms with Gasteiger partial charge in [-0.05, 0) is 18.9 Å². The van der Waals surface area contributed by atoms with Crippen LogP contribution in [0.2, 0.25) is 0 Å². The second kappa shape index (κ2) is 5.10. The number of aromatic nitrogens is 3. The zero-order chi connectivity index (χ0) is 14.0. The van der Waals surface area contributed by atoms with E-state index in [1.165, 1.54) is 15.7 Å². The molecule has 1 heterocycles. The minimum atomic E-state index is -3.81. The van der Waals surface area contributed by atoms with Gasteiger partial charge in [-0.3, -0.25) is 0 Å². The first-order valence-corrected chi connectivity index (χ1v) is 7.39. The van der Waals surface area contributed by atoms with Gasteiger partial charge in [0.05, 0.1) is 0 Å². The molecule has 19 heavy (non-hydrogen) atoms. The third kappa shape index (κ3) is 3.18. The average molecular weight is 280 g/mol. The second-order valence-electron chi connectivity index (χ2n) is 4.49. The van der Waals surface area contributed by atoms with Gasteiger partial charge in [0, 0.05) is 13.5 Å². The molecule has 0 aliphatic rings. The van der Waals surface area contributed by atoms with Crippen molar-refractivity contribution < 1.29 is 8.42 Å². The van der Waals surface area contributed by atoms with Crippen LogP contribution in [0.3, 0.4) is 0 Å². The summed E-state index contributed by atoms with van der Waals surface area (Å²) in [6, 6.07) is 8.18. The Kier molecular flexibility index (Phi) is 3.68. The molecule has 2 aromatic rings. The lowest BCUT2D eigenvalue weighted by Crippen LogP contribution is -2.17.